The van der Waals surface area contributed by atoms with E-state index in [1.54, 1.807) is 24.3 Å². The summed E-state index contributed by atoms with van der Waals surface area (Å²) in [5.74, 6) is -1.96. The molecule has 0 amide bonds. The van der Waals surface area contributed by atoms with E-state index >= 15 is 0 Å². The van der Waals surface area contributed by atoms with Gasteiger partial charge in [0.1, 0.15) is 0 Å². The van der Waals surface area contributed by atoms with E-state index in [2.05, 4.69) is 0 Å². The first-order valence-corrected chi connectivity index (χ1v) is 5.82. The van der Waals surface area contributed by atoms with Crippen molar-refractivity contribution in [3.8, 4) is 0 Å². The maximum Gasteiger partial charge on any atom is 0.164 e. The molecule has 0 radical (unpaired) electrons. The summed E-state index contributed by atoms with van der Waals surface area (Å²) in [5.41, 5.74) is 0.764. The van der Waals surface area contributed by atoms with Crippen LogP contribution in [-0.4, -0.2) is 5.11 Å². The molecule has 2 aromatic rings. The van der Waals surface area contributed by atoms with E-state index in [0.717, 1.165) is 11.6 Å². The second kappa shape index (κ2) is 5.46. The van der Waals surface area contributed by atoms with Crippen LogP contribution in [0.3, 0.4) is 0 Å². The summed E-state index contributed by atoms with van der Waals surface area (Å²) >= 11 is 5.74. The molecule has 0 aliphatic carbocycles. The van der Waals surface area contributed by atoms with Gasteiger partial charge in [-0.3, -0.25) is 0 Å². The summed E-state index contributed by atoms with van der Waals surface area (Å²) in [7, 11) is 0. The maximum atomic E-state index is 13.5. The van der Waals surface area contributed by atoms with Gasteiger partial charge < -0.3 is 5.11 Å². The minimum absolute atomic E-state index is 0.0371. The fourth-order valence-electron chi connectivity index (χ4n) is 1.73. The molecule has 4 heteroatoms. The summed E-state index contributed by atoms with van der Waals surface area (Å²) in [5, 5.41) is 10.5. The predicted molar refractivity (Wildman–Crippen MR) is 66.5 cm³/mol. The number of rotatable bonds is 3. The van der Waals surface area contributed by atoms with Crippen molar-refractivity contribution >= 4 is 11.6 Å². The van der Waals surface area contributed by atoms with Crippen molar-refractivity contribution < 1.29 is 13.9 Å². The average Bonchev–Trinajstić information content (AvgIpc) is 2.35. The van der Waals surface area contributed by atoms with Gasteiger partial charge in [-0.2, -0.15) is 0 Å². The molecule has 1 N–H and O–H groups in total. The summed E-state index contributed by atoms with van der Waals surface area (Å²) in [6.07, 6.45) is -0.876. The van der Waals surface area contributed by atoms with Crippen molar-refractivity contribution in [2.24, 2.45) is 0 Å². The van der Waals surface area contributed by atoms with Gasteiger partial charge in [0, 0.05) is 17.0 Å². The third-order valence-corrected chi connectivity index (χ3v) is 2.93. The van der Waals surface area contributed by atoms with E-state index in [9.17, 15) is 13.9 Å². The van der Waals surface area contributed by atoms with Crippen LogP contribution in [0.25, 0.3) is 0 Å². The average molecular weight is 269 g/mol. The normalized spacial score (nSPS) is 12.4. The molecule has 0 spiro atoms. The predicted octanol–water partition coefficient (Wildman–Crippen LogP) is 3.89. The molecule has 0 bridgehead atoms. The lowest BCUT2D eigenvalue weighted by Gasteiger charge is -2.12. The highest BCUT2D eigenvalue weighted by Crippen LogP contribution is 2.23. The van der Waals surface area contributed by atoms with Crippen LogP contribution in [0.4, 0.5) is 8.78 Å². The van der Waals surface area contributed by atoms with Crippen LogP contribution in [0.5, 0.6) is 0 Å². The van der Waals surface area contributed by atoms with Crippen molar-refractivity contribution in [2.45, 2.75) is 12.5 Å². The maximum absolute atomic E-state index is 13.5. The lowest BCUT2D eigenvalue weighted by molar-refractivity contribution is 0.172. The van der Waals surface area contributed by atoms with E-state index in [0.29, 0.717) is 5.02 Å². The van der Waals surface area contributed by atoms with E-state index in [-0.39, 0.29) is 12.0 Å². The topological polar surface area (TPSA) is 20.2 Å². The molecular weight excluding hydrogens is 258 g/mol. The van der Waals surface area contributed by atoms with Crippen molar-refractivity contribution in [2.75, 3.05) is 0 Å². The number of hydrogen-bond donors (Lipinski definition) is 1. The first kappa shape index (κ1) is 13.0. The van der Waals surface area contributed by atoms with Crippen LogP contribution in [0, 0.1) is 11.6 Å². The molecule has 1 atom stereocenters. The SMILES string of the molecule is OC(Cc1ccc(Cl)cc1)c1cccc(F)c1F. The van der Waals surface area contributed by atoms with Crippen LogP contribution in [-0.2, 0) is 6.42 Å². The number of halogens is 3. The van der Waals surface area contributed by atoms with Crippen LogP contribution in [0.15, 0.2) is 42.5 Å². The third kappa shape index (κ3) is 2.86. The van der Waals surface area contributed by atoms with E-state index < -0.39 is 17.7 Å². The monoisotopic (exact) mass is 268 g/mol. The zero-order chi connectivity index (χ0) is 13.1. The van der Waals surface area contributed by atoms with Crippen molar-refractivity contribution in [1.82, 2.24) is 0 Å². The Hall–Kier alpha value is -1.45. The van der Waals surface area contributed by atoms with Crippen LogP contribution >= 0.6 is 11.6 Å². The summed E-state index contributed by atoms with van der Waals surface area (Å²) in [6.45, 7) is 0. The highest BCUT2D eigenvalue weighted by molar-refractivity contribution is 6.30. The Balaban J connectivity index is 2.19. The fourth-order valence-corrected chi connectivity index (χ4v) is 1.86. The van der Waals surface area contributed by atoms with Gasteiger partial charge in [0.2, 0.25) is 0 Å². The number of aliphatic hydroxyl groups excluding tert-OH is 1. The first-order chi connectivity index (χ1) is 8.58. The van der Waals surface area contributed by atoms with Crippen LogP contribution in [0.1, 0.15) is 17.2 Å². The molecule has 0 aliphatic heterocycles. The second-order valence-corrected chi connectivity index (χ2v) is 4.43. The number of aliphatic hydroxyl groups is 1. The van der Waals surface area contributed by atoms with Gasteiger partial charge in [-0.15, -0.1) is 0 Å². The van der Waals surface area contributed by atoms with Crippen molar-refractivity contribution in [1.29, 1.82) is 0 Å². The molecule has 0 aromatic heterocycles. The third-order valence-electron chi connectivity index (χ3n) is 2.68. The molecule has 1 nitrogen and oxygen atoms in total. The zero-order valence-electron chi connectivity index (χ0n) is 9.41. The zero-order valence-corrected chi connectivity index (χ0v) is 10.2. The molecule has 18 heavy (non-hydrogen) atoms. The van der Waals surface area contributed by atoms with Crippen LogP contribution < -0.4 is 0 Å². The Kier molecular flexibility index (Phi) is 3.94. The quantitative estimate of drug-likeness (QED) is 0.895. The number of benzene rings is 2. The Morgan fingerprint density at radius 3 is 2.39 bits per heavy atom. The second-order valence-electron chi connectivity index (χ2n) is 3.99. The molecular formula is C14H11ClF2O. The van der Waals surface area contributed by atoms with Gasteiger partial charge >= 0.3 is 0 Å². The summed E-state index contributed by atoms with van der Waals surface area (Å²) in [4.78, 5) is 0. The molecule has 2 aromatic carbocycles. The molecule has 0 saturated carbocycles. The highest BCUT2D eigenvalue weighted by atomic mass is 35.5. The molecule has 94 valence electrons. The van der Waals surface area contributed by atoms with Crippen molar-refractivity contribution in [3.63, 3.8) is 0 Å². The molecule has 0 heterocycles. The van der Waals surface area contributed by atoms with Gasteiger partial charge in [0.25, 0.3) is 0 Å². The highest BCUT2D eigenvalue weighted by Gasteiger charge is 2.16. The minimum atomic E-state index is -1.08. The fraction of sp³-hybridized carbons (Fsp3) is 0.143. The van der Waals surface area contributed by atoms with Crippen LogP contribution in [0.2, 0.25) is 5.02 Å². The standard InChI is InChI=1S/C14H11ClF2O/c15-10-6-4-9(5-7-10)8-13(18)11-2-1-3-12(16)14(11)17/h1-7,13,18H,8H2. The Morgan fingerprint density at radius 2 is 1.72 bits per heavy atom. The molecule has 2 rings (SSSR count). The van der Waals surface area contributed by atoms with Gasteiger partial charge in [-0.25, -0.2) is 8.78 Å². The van der Waals surface area contributed by atoms with Crippen molar-refractivity contribution in [3.05, 3.63) is 70.2 Å². The Labute approximate surface area is 109 Å². The van der Waals surface area contributed by atoms with E-state index in [4.69, 9.17) is 11.6 Å². The van der Waals surface area contributed by atoms with Gasteiger partial charge in [-0.05, 0) is 23.8 Å². The molecule has 0 fully saturated rings. The largest absolute Gasteiger partial charge is 0.388 e. The minimum Gasteiger partial charge on any atom is -0.388 e. The molecule has 1 unspecified atom stereocenters. The first-order valence-electron chi connectivity index (χ1n) is 5.44. The summed E-state index contributed by atoms with van der Waals surface area (Å²) in [6, 6.07) is 10.6. The molecule has 0 aliphatic rings. The molecule has 0 saturated heterocycles. The summed E-state index contributed by atoms with van der Waals surface area (Å²) < 4.78 is 26.5. The van der Waals surface area contributed by atoms with Gasteiger partial charge in [0.15, 0.2) is 11.6 Å². The van der Waals surface area contributed by atoms with E-state index in [1.165, 1.54) is 12.1 Å². The Bertz CT molecular complexity index is 540. The lowest BCUT2D eigenvalue weighted by Crippen LogP contribution is -2.05. The van der Waals surface area contributed by atoms with Gasteiger partial charge in [-0.1, -0.05) is 35.9 Å². The Morgan fingerprint density at radius 1 is 1.06 bits per heavy atom. The smallest absolute Gasteiger partial charge is 0.164 e. The van der Waals surface area contributed by atoms with E-state index in [1.807, 2.05) is 0 Å². The van der Waals surface area contributed by atoms with Gasteiger partial charge in [0.05, 0.1) is 6.10 Å². The number of hydrogen-bond acceptors (Lipinski definition) is 1. The lowest BCUT2D eigenvalue weighted by atomic mass is 10.0.